The highest BCUT2D eigenvalue weighted by Gasteiger charge is 2.62. The number of alkyl halides is 3. The molecule has 0 spiro atoms. The number of hydroxylamine groups is 2. The van der Waals surface area contributed by atoms with Crippen LogP contribution in [0.15, 0.2) is 42.1 Å². The fourth-order valence-corrected chi connectivity index (χ4v) is 3.03. The number of nitrogens with zero attached hydrogens (tertiary/aromatic N) is 1. The normalized spacial score (nSPS) is 26.9. The van der Waals surface area contributed by atoms with Crippen LogP contribution in [-0.4, -0.2) is 29.2 Å². The highest BCUT2D eigenvalue weighted by Crippen LogP contribution is 2.53. The lowest BCUT2D eigenvalue weighted by molar-refractivity contribution is -0.183. The van der Waals surface area contributed by atoms with E-state index in [1.165, 1.54) is 24.4 Å². The largest absolute Gasteiger partial charge is 0.403 e. The number of benzene rings is 1. The Morgan fingerprint density at radius 1 is 1.36 bits per heavy atom. The van der Waals surface area contributed by atoms with Gasteiger partial charge < -0.3 is 11.1 Å². The molecule has 0 aliphatic carbocycles. The molecule has 2 aliphatic rings. The number of nitrogens with one attached hydrogen (secondary N) is 1. The summed E-state index contributed by atoms with van der Waals surface area (Å²) in [7, 11) is 0. The zero-order chi connectivity index (χ0) is 16.1. The van der Waals surface area contributed by atoms with Gasteiger partial charge in [0.2, 0.25) is 0 Å². The van der Waals surface area contributed by atoms with Gasteiger partial charge in [-0.1, -0.05) is 6.08 Å². The maximum absolute atomic E-state index is 13.9. The van der Waals surface area contributed by atoms with Crippen LogP contribution in [0.3, 0.4) is 0 Å². The maximum atomic E-state index is 13.9. The van der Waals surface area contributed by atoms with Crippen LogP contribution in [0.2, 0.25) is 0 Å². The highest BCUT2D eigenvalue weighted by atomic mass is 19.4. The number of hydrogen-bond donors (Lipinski definition) is 3. The van der Waals surface area contributed by atoms with Crippen LogP contribution in [0.1, 0.15) is 5.56 Å². The molecule has 22 heavy (non-hydrogen) atoms. The van der Waals surface area contributed by atoms with Crippen molar-refractivity contribution >= 4 is 5.69 Å². The van der Waals surface area contributed by atoms with E-state index in [0.29, 0.717) is 5.06 Å². The van der Waals surface area contributed by atoms with E-state index < -0.39 is 30.1 Å². The summed E-state index contributed by atoms with van der Waals surface area (Å²) < 4.78 is 55.3. The van der Waals surface area contributed by atoms with Crippen molar-refractivity contribution in [3.8, 4) is 0 Å². The lowest BCUT2D eigenvalue weighted by atomic mass is 9.68. The number of anilines is 1. The van der Waals surface area contributed by atoms with Crippen molar-refractivity contribution in [2.24, 2.45) is 5.73 Å². The Morgan fingerprint density at radius 2 is 2.09 bits per heavy atom. The molecule has 0 saturated carbocycles. The molecular weight excluding hydrogens is 302 g/mol. The van der Waals surface area contributed by atoms with E-state index in [-0.39, 0.29) is 16.8 Å². The summed E-state index contributed by atoms with van der Waals surface area (Å²) in [6, 6.07) is 3.10. The van der Waals surface area contributed by atoms with E-state index >= 15 is 0 Å². The van der Waals surface area contributed by atoms with Gasteiger partial charge in [-0.3, -0.25) is 5.21 Å². The minimum atomic E-state index is -4.75. The molecule has 0 radical (unpaired) electrons. The second kappa shape index (κ2) is 4.72. The van der Waals surface area contributed by atoms with Crippen molar-refractivity contribution < 1.29 is 22.8 Å². The topological polar surface area (TPSA) is 61.5 Å². The zero-order valence-corrected chi connectivity index (χ0v) is 11.2. The van der Waals surface area contributed by atoms with E-state index in [9.17, 15) is 22.8 Å². The van der Waals surface area contributed by atoms with Crippen LogP contribution >= 0.6 is 0 Å². The van der Waals surface area contributed by atoms with Gasteiger partial charge in [-0.05, 0) is 35.4 Å². The van der Waals surface area contributed by atoms with Crippen LogP contribution in [0.25, 0.3) is 0 Å². The number of halogens is 4. The van der Waals surface area contributed by atoms with Crippen LogP contribution < -0.4 is 11.1 Å². The van der Waals surface area contributed by atoms with Gasteiger partial charge in [-0.15, -0.1) is 0 Å². The van der Waals surface area contributed by atoms with Gasteiger partial charge in [0.25, 0.3) is 0 Å². The Morgan fingerprint density at radius 3 is 2.73 bits per heavy atom. The SMILES string of the molecule is NCC1(C(F)(F)F)C2=CC=CN(O)C2Nc2ccc(F)cc21. The van der Waals surface area contributed by atoms with Gasteiger partial charge in [0, 0.05) is 18.4 Å². The first kappa shape index (κ1) is 14.9. The van der Waals surface area contributed by atoms with Crippen molar-refractivity contribution in [1.29, 1.82) is 0 Å². The molecule has 0 bridgehead atoms. The van der Waals surface area contributed by atoms with E-state index in [1.807, 2.05) is 0 Å². The summed E-state index contributed by atoms with van der Waals surface area (Å²) in [4.78, 5) is 0. The number of rotatable bonds is 1. The standard InChI is InChI=1S/C14H13F4N3O/c15-8-3-4-11-10(6-8)13(7-19,14(16,17)18)9-2-1-5-21(22)12(9)20-11/h1-6,12,20,22H,7,19H2. The minimum Gasteiger partial charge on any atom is -0.360 e. The molecule has 0 saturated heterocycles. The average molecular weight is 315 g/mol. The molecule has 0 fully saturated rings. The monoisotopic (exact) mass is 315 g/mol. The van der Waals surface area contributed by atoms with E-state index in [0.717, 1.165) is 12.1 Å². The molecule has 0 aromatic heterocycles. The van der Waals surface area contributed by atoms with Crippen molar-refractivity contribution in [2.75, 3.05) is 11.9 Å². The van der Waals surface area contributed by atoms with E-state index in [4.69, 9.17) is 5.73 Å². The van der Waals surface area contributed by atoms with Gasteiger partial charge in [-0.2, -0.15) is 13.2 Å². The van der Waals surface area contributed by atoms with Gasteiger partial charge >= 0.3 is 6.18 Å². The summed E-state index contributed by atoms with van der Waals surface area (Å²) in [6.07, 6.45) is -2.10. The molecular formula is C14H13F4N3O. The third-order valence-electron chi connectivity index (χ3n) is 4.09. The van der Waals surface area contributed by atoms with E-state index in [2.05, 4.69) is 5.32 Å². The molecule has 0 amide bonds. The predicted octanol–water partition coefficient (Wildman–Crippen LogP) is 2.48. The van der Waals surface area contributed by atoms with Crippen LogP contribution in [0.4, 0.5) is 23.2 Å². The number of allylic oxidation sites excluding steroid dienone is 2. The second-order valence-corrected chi connectivity index (χ2v) is 5.19. The lowest BCUT2D eigenvalue weighted by Crippen LogP contribution is -2.59. The van der Waals surface area contributed by atoms with Crippen LogP contribution in [0, 0.1) is 5.82 Å². The average Bonchev–Trinajstić information content (AvgIpc) is 2.44. The summed E-state index contributed by atoms with van der Waals surface area (Å²) in [5.41, 5.74) is 2.57. The van der Waals surface area contributed by atoms with Gasteiger partial charge in [0.15, 0.2) is 0 Å². The first-order valence-corrected chi connectivity index (χ1v) is 6.50. The molecule has 1 aromatic carbocycles. The van der Waals surface area contributed by atoms with Crippen molar-refractivity contribution in [2.45, 2.75) is 17.8 Å². The first-order valence-electron chi connectivity index (χ1n) is 6.50. The molecule has 2 aliphatic heterocycles. The molecule has 4 N–H and O–H groups in total. The Labute approximate surface area is 123 Å². The number of nitrogens with two attached hydrogens (primary N) is 1. The summed E-state index contributed by atoms with van der Waals surface area (Å²) in [5.74, 6) is -0.783. The van der Waals surface area contributed by atoms with Gasteiger partial charge in [0.1, 0.15) is 17.4 Å². The Kier molecular flexibility index (Phi) is 3.19. The van der Waals surface area contributed by atoms with Crippen molar-refractivity contribution in [3.63, 3.8) is 0 Å². The third-order valence-corrected chi connectivity index (χ3v) is 4.09. The molecule has 2 heterocycles. The molecule has 2 unspecified atom stereocenters. The lowest BCUT2D eigenvalue weighted by Gasteiger charge is -2.48. The molecule has 8 heteroatoms. The first-order chi connectivity index (χ1) is 10.3. The molecule has 2 atom stereocenters. The van der Waals surface area contributed by atoms with Crippen molar-refractivity contribution in [1.82, 2.24) is 5.06 Å². The molecule has 118 valence electrons. The summed E-state index contributed by atoms with van der Waals surface area (Å²) >= 11 is 0. The third kappa shape index (κ3) is 1.84. The second-order valence-electron chi connectivity index (χ2n) is 5.19. The Balaban J connectivity index is 2.34. The van der Waals surface area contributed by atoms with E-state index in [1.54, 1.807) is 0 Å². The zero-order valence-electron chi connectivity index (χ0n) is 11.2. The quantitative estimate of drug-likeness (QED) is 0.697. The number of fused-ring (bicyclic) bond motifs is 2. The van der Waals surface area contributed by atoms with Gasteiger partial charge in [0.05, 0.1) is 0 Å². The molecule has 4 nitrogen and oxygen atoms in total. The predicted molar refractivity (Wildman–Crippen MR) is 71.4 cm³/mol. The van der Waals surface area contributed by atoms with Crippen molar-refractivity contribution in [3.05, 3.63) is 53.5 Å². The highest BCUT2D eigenvalue weighted by molar-refractivity contribution is 5.66. The fourth-order valence-electron chi connectivity index (χ4n) is 3.03. The van der Waals surface area contributed by atoms with Crippen LogP contribution in [-0.2, 0) is 5.41 Å². The summed E-state index contributed by atoms with van der Waals surface area (Å²) in [5, 5.41) is 13.2. The Bertz CT molecular complexity index is 671. The number of hydrogen-bond acceptors (Lipinski definition) is 4. The van der Waals surface area contributed by atoms with Gasteiger partial charge in [-0.25, -0.2) is 9.45 Å². The van der Waals surface area contributed by atoms with Crippen LogP contribution in [0.5, 0.6) is 0 Å². The molecule has 1 aromatic rings. The fraction of sp³-hybridized carbons (Fsp3) is 0.286. The minimum absolute atomic E-state index is 0.0840. The molecule has 3 rings (SSSR count). The summed E-state index contributed by atoms with van der Waals surface area (Å²) in [6.45, 7) is -0.793. The smallest absolute Gasteiger partial charge is 0.360 e. The maximum Gasteiger partial charge on any atom is 0.403 e. The Hall–Kier alpha value is -2.06.